The lowest BCUT2D eigenvalue weighted by Gasteiger charge is -2.06. The second-order valence-corrected chi connectivity index (χ2v) is 7.06. The van der Waals surface area contributed by atoms with Gasteiger partial charge in [-0.25, -0.2) is 13.1 Å². The third-order valence-corrected chi connectivity index (χ3v) is 5.10. The first kappa shape index (κ1) is 15.1. The highest BCUT2D eigenvalue weighted by Crippen LogP contribution is 2.21. The smallest absolute Gasteiger partial charge is 0.240 e. The normalized spacial score (nSPS) is 11.9. The van der Waals surface area contributed by atoms with Crippen molar-refractivity contribution < 1.29 is 12.8 Å². The summed E-state index contributed by atoms with van der Waals surface area (Å²) < 4.78 is 32.3. The summed E-state index contributed by atoms with van der Waals surface area (Å²) in [5.41, 5.74) is 1.78. The minimum absolute atomic E-state index is 0.203. The number of rotatable bonds is 5. The average Bonchev–Trinajstić information content (AvgIpc) is 2.91. The zero-order valence-electron chi connectivity index (χ0n) is 11.6. The number of fused-ring (bicyclic) bond motifs is 1. The zero-order chi connectivity index (χ0) is 15.6. The van der Waals surface area contributed by atoms with E-state index in [0.717, 1.165) is 16.5 Å². The first-order chi connectivity index (χ1) is 10.6. The van der Waals surface area contributed by atoms with Gasteiger partial charge in [0.15, 0.2) is 0 Å². The zero-order valence-corrected chi connectivity index (χ0v) is 13.2. The van der Waals surface area contributed by atoms with Crippen LogP contribution in [0.4, 0.5) is 0 Å². The predicted molar refractivity (Wildman–Crippen MR) is 86.6 cm³/mol. The third kappa shape index (κ3) is 3.16. The molecule has 2 aromatic carbocycles. The lowest BCUT2D eigenvalue weighted by Crippen LogP contribution is -2.25. The molecular weight excluding hydrogens is 322 g/mol. The van der Waals surface area contributed by atoms with Crippen molar-refractivity contribution in [2.24, 2.45) is 0 Å². The molecule has 0 atom stereocenters. The molecule has 0 bridgehead atoms. The minimum Gasteiger partial charge on any atom is -0.464 e. The van der Waals surface area contributed by atoms with Gasteiger partial charge in [-0.15, -0.1) is 0 Å². The van der Waals surface area contributed by atoms with Crippen molar-refractivity contribution in [2.75, 3.05) is 6.54 Å². The van der Waals surface area contributed by atoms with E-state index in [1.54, 1.807) is 18.4 Å². The Morgan fingerprint density at radius 3 is 2.55 bits per heavy atom. The summed E-state index contributed by atoms with van der Waals surface area (Å²) in [6.07, 6.45) is 2.23. The highest BCUT2D eigenvalue weighted by molar-refractivity contribution is 7.89. The molecule has 0 radical (unpaired) electrons. The van der Waals surface area contributed by atoms with Crippen LogP contribution in [0, 0.1) is 0 Å². The molecule has 1 N–H and O–H groups in total. The quantitative estimate of drug-likeness (QED) is 0.775. The summed E-state index contributed by atoms with van der Waals surface area (Å²) >= 11 is 5.76. The third-order valence-electron chi connectivity index (χ3n) is 3.37. The van der Waals surface area contributed by atoms with Crippen LogP contribution >= 0.6 is 11.6 Å². The Morgan fingerprint density at radius 1 is 1.05 bits per heavy atom. The fourth-order valence-electron chi connectivity index (χ4n) is 2.24. The number of halogens is 1. The molecule has 3 rings (SSSR count). The van der Waals surface area contributed by atoms with Crippen LogP contribution in [0.3, 0.4) is 0 Å². The molecule has 3 aromatic rings. The van der Waals surface area contributed by atoms with E-state index in [-0.39, 0.29) is 4.90 Å². The van der Waals surface area contributed by atoms with Crippen molar-refractivity contribution in [1.82, 2.24) is 4.72 Å². The van der Waals surface area contributed by atoms with Crippen molar-refractivity contribution in [3.63, 3.8) is 0 Å². The SMILES string of the molecule is O=S(=O)(NCCc1coc2ccccc12)c1ccc(Cl)cc1. The van der Waals surface area contributed by atoms with Crippen LogP contribution in [0.1, 0.15) is 5.56 Å². The standard InChI is InChI=1S/C16H14ClNO3S/c17-13-5-7-14(8-6-13)22(19,20)18-10-9-12-11-21-16-4-2-1-3-15(12)16/h1-8,11,18H,9-10H2. The number of nitrogens with one attached hydrogen (secondary N) is 1. The number of hydrogen-bond donors (Lipinski definition) is 1. The molecule has 4 nitrogen and oxygen atoms in total. The van der Waals surface area contributed by atoms with Gasteiger partial charge in [-0.05, 0) is 42.3 Å². The van der Waals surface area contributed by atoms with Gasteiger partial charge in [-0.2, -0.15) is 0 Å². The van der Waals surface area contributed by atoms with Gasteiger partial charge in [0, 0.05) is 17.0 Å². The van der Waals surface area contributed by atoms with E-state index in [1.165, 1.54) is 12.1 Å². The van der Waals surface area contributed by atoms with Crippen LogP contribution in [0.5, 0.6) is 0 Å². The molecule has 0 aliphatic carbocycles. The number of benzene rings is 2. The van der Waals surface area contributed by atoms with Crippen molar-refractivity contribution in [2.45, 2.75) is 11.3 Å². The van der Waals surface area contributed by atoms with Gasteiger partial charge in [0.1, 0.15) is 5.58 Å². The second kappa shape index (κ2) is 6.12. The lowest BCUT2D eigenvalue weighted by atomic mass is 10.1. The molecule has 0 aliphatic rings. The molecule has 0 fully saturated rings. The summed E-state index contributed by atoms with van der Waals surface area (Å²) in [5.74, 6) is 0. The summed E-state index contributed by atoms with van der Waals surface area (Å²) in [5, 5.41) is 1.51. The van der Waals surface area contributed by atoms with Crippen molar-refractivity contribution in [1.29, 1.82) is 0 Å². The van der Waals surface area contributed by atoms with E-state index < -0.39 is 10.0 Å². The second-order valence-electron chi connectivity index (χ2n) is 4.86. The molecule has 1 aromatic heterocycles. The van der Waals surface area contributed by atoms with Crippen molar-refractivity contribution in [3.8, 4) is 0 Å². The number of hydrogen-bond acceptors (Lipinski definition) is 3. The Bertz CT molecular complexity index is 885. The Balaban J connectivity index is 1.68. The molecule has 0 amide bonds. The van der Waals surface area contributed by atoms with Crippen molar-refractivity contribution in [3.05, 3.63) is 65.4 Å². The van der Waals surface area contributed by atoms with Crippen molar-refractivity contribution >= 4 is 32.6 Å². The molecule has 0 saturated heterocycles. The van der Waals surface area contributed by atoms with Gasteiger partial charge < -0.3 is 4.42 Å². The first-order valence-electron chi connectivity index (χ1n) is 6.76. The lowest BCUT2D eigenvalue weighted by molar-refractivity contribution is 0.580. The van der Waals surface area contributed by atoms with E-state index in [1.807, 2.05) is 24.3 Å². The largest absolute Gasteiger partial charge is 0.464 e. The van der Waals surface area contributed by atoms with Crippen LogP contribution in [-0.4, -0.2) is 15.0 Å². The fourth-order valence-corrected chi connectivity index (χ4v) is 3.40. The van der Waals surface area contributed by atoms with Gasteiger partial charge >= 0.3 is 0 Å². The van der Waals surface area contributed by atoms with E-state index >= 15 is 0 Å². The molecule has 22 heavy (non-hydrogen) atoms. The first-order valence-corrected chi connectivity index (χ1v) is 8.63. The van der Waals surface area contributed by atoms with E-state index in [2.05, 4.69) is 4.72 Å². The van der Waals surface area contributed by atoms with Gasteiger partial charge in [0.25, 0.3) is 0 Å². The summed E-state index contributed by atoms with van der Waals surface area (Å²) in [7, 11) is -3.52. The molecule has 0 saturated carbocycles. The fraction of sp³-hybridized carbons (Fsp3) is 0.125. The molecule has 0 aliphatic heterocycles. The predicted octanol–water partition coefficient (Wildman–Crippen LogP) is 3.61. The van der Waals surface area contributed by atoms with E-state index in [4.69, 9.17) is 16.0 Å². The Morgan fingerprint density at radius 2 is 1.77 bits per heavy atom. The average molecular weight is 336 g/mol. The molecular formula is C16H14ClNO3S. The highest BCUT2D eigenvalue weighted by Gasteiger charge is 2.13. The number of sulfonamides is 1. The summed E-state index contributed by atoms with van der Waals surface area (Å²) in [6, 6.07) is 13.8. The van der Waals surface area contributed by atoms with E-state index in [0.29, 0.717) is 18.0 Å². The molecule has 114 valence electrons. The molecule has 6 heteroatoms. The molecule has 0 spiro atoms. The van der Waals surface area contributed by atoms with Gasteiger partial charge in [-0.1, -0.05) is 29.8 Å². The van der Waals surface area contributed by atoms with Gasteiger partial charge in [-0.3, -0.25) is 0 Å². The Hall–Kier alpha value is -1.82. The monoisotopic (exact) mass is 335 g/mol. The van der Waals surface area contributed by atoms with Gasteiger partial charge in [0.2, 0.25) is 10.0 Å². The molecule has 0 unspecified atom stereocenters. The maximum atomic E-state index is 12.2. The highest BCUT2D eigenvalue weighted by atomic mass is 35.5. The van der Waals surface area contributed by atoms with Crippen LogP contribution in [0.15, 0.2) is 64.1 Å². The number of furan rings is 1. The maximum Gasteiger partial charge on any atom is 0.240 e. The van der Waals surface area contributed by atoms with Crippen LogP contribution in [0.2, 0.25) is 5.02 Å². The van der Waals surface area contributed by atoms with E-state index in [9.17, 15) is 8.42 Å². The van der Waals surface area contributed by atoms with Gasteiger partial charge in [0.05, 0.1) is 11.2 Å². The summed E-state index contributed by atoms with van der Waals surface area (Å²) in [4.78, 5) is 0.203. The van der Waals surface area contributed by atoms with Crippen LogP contribution < -0.4 is 4.72 Å². The molecule has 1 heterocycles. The number of para-hydroxylation sites is 1. The minimum atomic E-state index is -3.52. The van der Waals surface area contributed by atoms with Crippen LogP contribution in [-0.2, 0) is 16.4 Å². The summed E-state index contributed by atoms with van der Waals surface area (Å²) in [6.45, 7) is 0.300. The van der Waals surface area contributed by atoms with Crippen LogP contribution in [0.25, 0.3) is 11.0 Å². The Kier molecular flexibility index (Phi) is 4.20. The maximum absolute atomic E-state index is 12.2. The topological polar surface area (TPSA) is 59.3 Å². The Labute approximate surface area is 133 Å².